The molecule has 2 aromatic heterocycles. The van der Waals surface area contributed by atoms with Crippen LogP contribution in [0.25, 0.3) is 21.8 Å². The predicted molar refractivity (Wildman–Crippen MR) is 89.1 cm³/mol. The van der Waals surface area contributed by atoms with E-state index in [0.717, 1.165) is 16.8 Å². The Morgan fingerprint density at radius 3 is 2.73 bits per heavy atom. The number of nitrogens with zero attached hydrogens (tertiary/aromatic N) is 1. The molecule has 2 heterocycles. The van der Waals surface area contributed by atoms with Crippen LogP contribution in [0.15, 0.2) is 60.9 Å². The lowest BCUT2D eigenvalue weighted by atomic mass is 10.1. The Balaban J connectivity index is 1.72. The Labute approximate surface area is 128 Å². The number of nitrogens with one attached hydrogen (secondary N) is 1. The first-order valence-corrected chi connectivity index (χ1v) is 7.34. The Morgan fingerprint density at radius 1 is 1.00 bits per heavy atom. The predicted octanol–water partition coefficient (Wildman–Crippen LogP) is 4.60. The van der Waals surface area contributed by atoms with Gasteiger partial charge in [-0.15, -0.1) is 0 Å². The molecule has 0 saturated heterocycles. The molecule has 0 atom stereocenters. The smallest absolute Gasteiger partial charge is 0.120 e. The van der Waals surface area contributed by atoms with E-state index in [1.807, 2.05) is 36.7 Å². The third-order valence-electron chi connectivity index (χ3n) is 3.91. The van der Waals surface area contributed by atoms with Gasteiger partial charge in [0.25, 0.3) is 0 Å². The molecule has 0 radical (unpaired) electrons. The monoisotopic (exact) mass is 288 g/mol. The third kappa shape index (κ3) is 2.21. The molecule has 0 saturated carbocycles. The number of H-pyrrole nitrogens is 1. The van der Waals surface area contributed by atoms with Gasteiger partial charge >= 0.3 is 0 Å². The van der Waals surface area contributed by atoms with Gasteiger partial charge in [-0.25, -0.2) is 0 Å². The van der Waals surface area contributed by atoms with Gasteiger partial charge in [-0.1, -0.05) is 30.3 Å². The van der Waals surface area contributed by atoms with Gasteiger partial charge in [-0.2, -0.15) is 0 Å². The van der Waals surface area contributed by atoms with Crippen molar-refractivity contribution >= 4 is 21.8 Å². The molecule has 0 amide bonds. The number of aromatic nitrogens is 2. The van der Waals surface area contributed by atoms with Gasteiger partial charge in [0.15, 0.2) is 0 Å². The number of aryl methyl sites for hydroxylation is 1. The maximum atomic E-state index is 5.93. The number of rotatable bonds is 3. The minimum Gasteiger partial charge on any atom is -0.489 e. The molecule has 3 nitrogen and oxygen atoms in total. The molecule has 0 unspecified atom stereocenters. The van der Waals surface area contributed by atoms with Crippen LogP contribution in [0.2, 0.25) is 0 Å². The third-order valence-corrected chi connectivity index (χ3v) is 3.91. The summed E-state index contributed by atoms with van der Waals surface area (Å²) in [6.45, 7) is 2.66. The number of benzene rings is 2. The van der Waals surface area contributed by atoms with Gasteiger partial charge in [0.1, 0.15) is 12.4 Å². The van der Waals surface area contributed by atoms with E-state index in [0.29, 0.717) is 6.61 Å². The Hall–Kier alpha value is -2.81. The maximum Gasteiger partial charge on any atom is 0.120 e. The van der Waals surface area contributed by atoms with Crippen molar-refractivity contribution in [2.75, 3.05) is 0 Å². The average Bonchev–Trinajstić information content (AvgIpc) is 2.93. The van der Waals surface area contributed by atoms with Crippen LogP contribution in [0.3, 0.4) is 0 Å². The highest BCUT2D eigenvalue weighted by molar-refractivity contribution is 6.08. The van der Waals surface area contributed by atoms with Gasteiger partial charge in [0, 0.05) is 22.5 Å². The number of hydrogen-bond donors (Lipinski definition) is 1. The Morgan fingerprint density at radius 2 is 1.86 bits per heavy atom. The zero-order valence-electron chi connectivity index (χ0n) is 12.3. The van der Waals surface area contributed by atoms with E-state index in [4.69, 9.17) is 4.74 Å². The lowest BCUT2D eigenvalue weighted by Crippen LogP contribution is -1.94. The highest BCUT2D eigenvalue weighted by Gasteiger charge is 2.08. The van der Waals surface area contributed by atoms with Gasteiger partial charge in [0.05, 0.1) is 11.7 Å². The summed E-state index contributed by atoms with van der Waals surface area (Å²) in [7, 11) is 0. The van der Waals surface area contributed by atoms with Crippen molar-refractivity contribution < 1.29 is 4.74 Å². The second kappa shape index (κ2) is 5.19. The van der Waals surface area contributed by atoms with Gasteiger partial charge in [-0.05, 0) is 36.2 Å². The summed E-state index contributed by atoms with van der Waals surface area (Å²) in [5.74, 6) is 0.883. The topological polar surface area (TPSA) is 37.9 Å². The largest absolute Gasteiger partial charge is 0.489 e. The van der Waals surface area contributed by atoms with Crippen LogP contribution in [0.1, 0.15) is 11.1 Å². The van der Waals surface area contributed by atoms with E-state index in [9.17, 15) is 0 Å². The first kappa shape index (κ1) is 12.9. The van der Waals surface area contributed by atoms with Gasteiger partial charge in [0.2, 0.25) is 0 Å². The lowest BCUT2D eigenvalue weighted by Gasteiger charge is -2.06. The molecule has 0 bridgehead atoms. The number of ether oxygens (including phenoxy) is 1. The molecule has 22 heavy (non-hydrogen) atoms. The van der Waals surface area contributed by atoms with Crippen LogP contribution in [-0.4, -0.2) is 9.97 Å². The molecule has 0 aliphatic rings. The summed E-state index contributed by atoms with van der Waals surface area (Å²) >= 11 is 0. The second-order valence-corrected chi connectivity index (χ2v) is 5.49. The minimum absolute atomic E-state index is 0.579. The Kier molecular flexibility index (Phi) is 3.04. The van der Waals surface area contributed by atoms with Crippen molar-refractivity contribution in [3.8, 4) is 5.75 Å². The summed E-state index contributed by atoms with van der Waals surface area (Å²) in [5, 5.41) is 2.40. The van der Waals surface area contributed by atoms with Crippen LogP contribution in [-0.2, 0) is 6.61 Å². The summed E-state index contributed by atoms with van der Waals surface area (Å²) in [4.78, 5) is 7.65. The fourth-order valence-corrected chi connectivity index (χ4v) is 2.83. The minimum atomic E-state index is 0.579. The molecule has 4 aromatic rings. The summed E-state index contributed by atoms with van der Waals surface area (Å²) < 4.78 is 5.93. The molecule has 0 fully saturated rings. The second-order valence-electron chi connectivity index (χ2n) is 5.49. The molecule has 2 aromatic carbocycles. The molecular weight excluding hydrogens is 272 g/mol. The highest BCUT2D eigenvalue weighted by Crippen LogP contribution is 2.30. The van der Waals surface area contributed by atoms with E-state index >= 15 is 0 Å². The van der Waals surface area contributed by atoms with E-state index in [-0.39, 0.29) is 0 Å². The van der Waals surface area contributed by atoms with Crippen molar-refractivity contribution in [3.63, 3.8) is 0 Å². The summed E-state index contributed by atoms with van der Waals surface area (Å²) in [5.41, 5.74) is 4.51. The number of fused-ring (bicyclic) bond motifs is 3. The summed E-state index contributed by atoms with van der Waals surface area (Å²) in [6, 6.07) is 16.4. The van der Waals surface area contributed by atoms with E-state index < -0.39 is 0 Å². The maximum absolute atomic E-state index is 5.93. The van der Waals surface area contributed by atoms with Crippen molar-refractivity contribution in [2.24, 2.45) is 0 Å². The van der Waals surface area contributed by atoms with E-state index in [1.165, 1.54) is 21.9 Å². The van der Waals surface area contributed by atoms with Crippen LogP contribution >= 0.6 is 0 Å². The van der Waals surface area contributed by atoms with E-state index in [1.54, 1.807) is 0 Å². The molecule has 1 N–H and O–H groups in total. The van der Waals surface area contributed by atoms with Crippen LogP contribution in [0.4, 0.5) is 0 Å². The zero-order valence-corrected chi connectivity index (χ0v) is 12.3. The lowest BCUT2D eigenvalue weighted by molar-refractivity contribution is 0.306. The van der Waals surface area contributed by atoms with Crippen LogP contribution in [0, 0.1) is 6.92 Å². The first-order valence-electron chi connectivity index (χ1n) is 7.34. The van der Waals surface area contributed by atoms with Crippen molar-refractivity contribution in [2.45, 2.75) is 13.5 Å². The molecule has 0 aliphatic heterocycles. The Bertz CT molecular complexity index is 942. The van der Waals surface area contributed by atoms with E-state index in [2.05, 4.69) is 41.2 Å². The molecule has 4 rings (SSSR count). The normalized spacial score (nSPS) is 11.1. The quantitative estimate of drug-likeness (QED) is 0.598. The van der Waals surface area contributed by atoms with Crippen molar-refractivity contribution in [1.29, 1.82) is 0 Å². The highest BCUT2D eigenvalue weighted by atomic mass is 16.5. The summed E-state index contributed by atoms with van der Waals surface area (Å²) in [6.07, 6.45) is 3.76. The molecule has 0 spiro atoms. The average molecular weight is 288 g/mol. The molecular formula is C19H16N2O. The number of hydrogen-bond acceptors (Lipinski definition) is 2. The number of aromatic amines is 1. The fourth-order valence-electron chi connectivity index (χ4n) is 2.83. The SMILES string of the molecule is Cc1cncc2[nH]c3ccc(OCc4ccccc4)cc3c12. The molecule has 0 aliphatic carbocycles. The van der Waals surface area contributed by atoms with Gasteiger partial charge in [-0.3, -0.25) is 4.98 Å². The van der Waals surface area contributed by atoms with Crippen molar-refractivity contribution in [3.05, 3.63) is 72.1 Å². The molecule has 108 valence electrons. The number of pyridine rings is 1. The van der Waals surface area contributed by atoms with Crippen molar-refractivity contribution in [1.82, 2.24) is 9.97 Å². The van der Waals surface area contributed by atoms with Crippen LogP contribution < -0.4 is 4.74 Å². The molecule has 3 heteroatoms. The zero-order chi connectivity index (χ0) is 14.9. The first-order chi connectivity index (χ1) is 10.8. The standard InChI is InChI=1S/C19H16N2O/c1-13-10-20-11-18-19(13)16-9-15(7-8-17(16)21-18)22-12-14-5-3-2-4-6-14/h2-11,21H,12H2,1H3. The fraction of sp³-hybridized carbons (Fsp3) is 0.105. The van der Waals surface area contributed by atoms with Gasteiger partial charge < -0.3 is 9.72 Å². The van der Waals surface area contributed by atoms with Crippen LogP contribution in [0.5, 0.6) is 5.75 Å².